The van der Waals surface area contributed by atoms with E-state index in [4.69, 9.17) is 4.84 Å². The summed E-state index contributed by atoms with van der Waals surface area (Å²) in [7, 11) is -1.64. The first kappa shape index (κ1) is 18.4. The number of nitrogens with zero attached hydrogens (tertiary/aromatic N) is 1. The van der Waals surface area contributed by atoms with Gasteiger partial charge in [-0.3, -0.25) is 4.84 Å². The zero-order valence-corrected chi connectivity index (χ0v) is 15.4. The van der Waals surface area contributed by atoms with Crippen LogP contribution in [0.4, 0.5) is 0 Å². The summed E-state index contributed by atoms with van der Waals surface area (Å²) in [4.78, 5) is 5.52. The third-order valence-corrected chi connectivity index (χ3v) is 5.98. The number of hydrogen-bond donors (Lipinski definition) is 1. The number of hydrogen-bond acceptors (Lipinski definition) is 4. The van der Waals surface area contributed by atoms with Crippen LogP contribution in [0.5, 0.6) is 0 Å². The van der Waals surface area contributed by atoms with Crippen LogP contribution in [0, 0.1) is 5.92 Å². The Morgan fingerprint density at radius 3 is 2.35 bits per heavy atom. The van der Waals surface area contributed by atoms with Crippen molar-refractivity contribution in [3.8, 4) is 0 Å². The molecule has 5 nitrogen and oxygen atoms in total. The molecular formula is C17H28N2O3S. The molecule has 23 heavy (non-hydrogen) atoms. The van der Waals surface area contributed by atoms with Gasteiger partial charge in [-0.15, -0.1) is 0 Å². The lowest BCUT2D eigenvalue weighted by Gasteiger charge is -2.24. The molecule has 1 saturated heterocycles. The summed E-state index contributed by atoms with van der Waals surface area (Å²) < 4.78 is 28.0. The summed E-state index contributed by atoms with van der Waals surface area (Å²) in [5.74, 6) is 0.724. The normalized spacial score (nSPS) is 23.1. The summed E-state index contributed by atoms with van der Waals surface area (Å²) >= 11 is 0. The monoisotopic (exact) mass is 340 g/mol. The van der Waals surface area contributed by atoms with E-state index in [1.807, 2.05) is 26.0 Å². The van der Waals surface area contributed by atoms with Crippen LogP contribution in [-0.2, 0) is 14.9 Å². The molecule has 2 rings (SSSR count). The largest absolute Gasteiger partial charge is 0.297 e. The maximum atomic E-state index is 12.6. The fourth-order valence-electron chi connectivity index (χ4n) is 2.75. The fourth-order valence-corrected chi connectivity index (χ4v) is 4.44. The van der Waals surface area contributed by atoms with E-state index in [0.29, 0.717) is 12.5 Å². The average Bonchev–Trinajstić information content (AvgIpc) is 2.88. The molecule has 0 amide bonds. The van der Waals surface area contributed by atoms with Crippen molar-refractivity contribution in [2.75, 3.05) is 20.2 Å². The highest BCUT2D eigenvalue weighted by atomic mass is 32.2. The summed E-state index contributed by atoms with van der Waals surface area (Å²) in [6, 6.07) is 7.86. The van der Waals surface area contributed by atoms with Crippen LogP contribution in [0.1, 0.15) is 50.8 Å². The van der Waals surface area contributed by atoms with Crippen LogP contribution < -0.4 is 4.72 Å². The van der Waals surface area contributed by atoms with Gasteiger partial charge in [0.05, 0.1) is 12.6 Å². The molecule has 1 aliphatic heterocycles. The summed E-state index contributed by atoms with van der Waals surface area (Å²) in [6.07, 6.45) is 0. The maximum Gasteiger partial charge on any atom is 0.218 e. The molecule has 0 aromatic heterocycles. The average molecular weight is 340 g/mol. The number of benzene rings is 1. The predicted molar refractivity (Wildman–Crippen MR) is 92.5 cm³/mol. The van der Waals surface area contributed by atoms with Crippen molar-refractivity contribution >= 4 is 10.0 Å². The summed E-state index contributed by atoms with van der Waals surface area (Å²) in [5.41, 5.74) is 2.21. The second-order valence-corrected chi connectivity index (χ2v) is 8.92. The SMILES string of the molecule is CC(C)CNS(=O)(=O)[C@@H]1CON(C)[C@@H]1c1ccc(C(C)C)cc1. The van der Waals surface area contributed by atoms with E-state index in [1.165, 1.54) is 5.56 Å². The first-order valence-electron chi connectivity index (χ1n) is 8.16. The molecule has 0 radical (unpaired) electrons. The molecule has 1 fully saturated rings. The molecule has 1 aromatic carbocycles. The van der Waals surface area contributed by atoms with Crippen LogP contribution in [-0.4, -0.2) is 38.9 Å². The molecule has 2 atom stereocenters. The van der Waals surface area contributed by atoms with E-state index in [9.17, 15) is 8.42 Å². The van der Waals surface area contributed by atoms with Crippen LogP contribution in [0.15, 0.2) is 24.3 Å². The standard InChI is InChI=1S/C17H28N2O3S/c1-12(2)10-18-23(20,21)16-11-22-19(5)17(16)15-8-6-14(7-9-15)13(3)4/h6-9,12-13,16-18H,10-11H2,1-5H3/t16-,17-/m1/s1. The van der Waals surface area contributed by atoms with E-state index in [1.54, 1.807) is 12.1 Å². The lowest BCUT2D eigenvalue weighted by atomic mass is 9.98. The lowest BCUT2D eigenvalue weighted by molar-refractivity contribution is -0.110. The lowest BCUT2D eigenvalue weighted by Crippen LogP contribution is -2.40. The van der Waals surface area contributed by atoms with Gasteiger partial charge in [-0.2, -0.15) is 5.06 Å². The Kier molecular flexibility index (Phi) is 5.84. The smallest absolute Gasteiger partial charge is 0.218 e. The van der Waals surface area contributed by atoms with Crippen molar-refractivity contribution in [2.24, 2.45) is 5.92 Å². The quantitative estimate of drug-likeness (QED) is 0.865. The van der Waals surface area contributed by atoms with Crippen molar-refractivity contribution in [3.05, 3.63) is 35.4 Å². The molecule has 0 spiro atoms. The molecule has 1 aromatic rings. The molecule has 0 saturated carbocycles. The first-order valence-corrected chi connectivity index (χ1v) is 9.71. The third kappa shape index (κ3) is 4.32. The Labute approximate surface area is 140 Å². The van der Waals surface area contributed by atoms with Crippen LogP contribution in [0.25, 0.3) is 0 Å². The molecule has 1 aliphatic rings. The third-order valence-electron chi connectivity index (χ3n) is 4.22. The Bertz CT molecular complexity index is 611. The fraction of sp³-hybridized carbons (Fsp3) is 0.647. The highest BCUT2D eigenvalue weighted by Crippen LogP contribution is 2.33. The zero-order chi connectivity index (χ0) is 17.2. The minimum Gasteiger partial charge on any atom is -0.297 e. The maximum absolute atomic E-state index is 12.6. The Balaban J connectivity index is 2.24. The van der Waals surface area contributed by atoms with Gasteiger partial charge < -0.3 is 0 Å². The minimum absolute atomic E-state index is 0.181. The van der Waals surface area contributed by atoms with Crippen molar-refractivity contribution in [1.82, 2.24) is 9.79 Å². The molecule has 6 heteroatoms. The molecular weight excluding hydrogens is 312 g/mol. The Morgan fingerprint density at radius 2 is 1.83 bits per heavy atom. The number of nitrogens with one attached hydrogen (secondary N) is 1. The van der Waals surface area contributed by atoms with Gasteiger partial charge >= 0.3 is 0 Å². The topological polar surface area (TPSA) is 58.6 Å². The minimum atomic E-state index is -3.43. The van der Waals surface area contributed by atoms with E-state index >= 15 is 0 Å². The van der Waals surface area contributed by atoms with Crippen LogP contribution >= 0.6 is 0 Å². The van der Waals surface area contributed by atoms with Gasteiger partial charge in [-0.25, -0.2) is 13.1 Å². The Morgan fingerprint density at radius 1 is 1.22 bits per heavy atom. The van der Waals surface area contributed by atoms with E-state index in [-0.39, 0.29) is 18.6 Å². The highest BCUT2D eigenvalue weighted by molar-refractivity contribution is 7.90. The molecule has 1 N–H and O–H groups in total. The van der Waals surface area contributed by atoms with Gasteiger partial charge in [0.1, 0.15) is 5.25 Å². The second kappa shape index (κ2) is 7.30. The van der Waals surface area contributed by atoms with Crippen molar-refractivity contribution < 1.29 is 13.3 Å². The zero-order valence-electron chi connectivity index (χ0n) is 14.6. The van der Waals surface area contributed by atoms with Gasteiger partial charge in [0.25, 0.3) is 0 Å². The van der Waals surface area contributed by atoms with Crippen molar-refractivity contribution in [1.29, 1.82) is 0 Å². The summed E-state index contributed by atoms with van der Waals surface area (Å²) in [5, 5.41) is 1.06. The first-order chi connectivity index (χ1) is 10.7. The molecule has 0 unspecified atom stereocenters. The molecule has 0 aliphatic carbocycles. The van der Waals surface area contributed by atoms with Gasteiger partial charge in [0.2, 0.25) is 10.0 Å². The van der Waals surface area contributed by atoms with Crippen LogP contribution in [0.2, 0.25) is 0 Å². The molecule has 0 bridgehead atoms. The second-order valence-electron chi connectivity index (χ2n) is 6.93. The van der Waals surface area contributed by atoms with Crippen molar-refractivity contribution in [2.45, 2.75) is 44.9 Å². The number of sulfonamides is 1. The molecule has 130 valence electrons. The van der Waals surface area contributed by atoms with Gasteiger partial charge in [0, 0.05) is 13.6 Å². The van der Waals surface area contributed by atoms with E-state index in [2.05, 4.69) is 30.7 Å². The van der Waals surface area contributed by atoms with E-state index in [0.717, 1.165) is 5.56 Å². The van der Waals surface area contributed by atoms with Gasteiger partial charge in [0.15, 0.2) is 0 Å². The molecule has 1 heterocycles. The number of rotatable bonds is 6. The summed E-state index contributed by atoms with van der Waals surface area (Å²) in [6.45, 7) is 8.89. The van der Waals surface area contributed by atoms with Crippen molar-refractivity contribution in [3.63, 3.8) is 0 Å². The Hall–Kier alpha value is -0.950. The van der Waals surface area contributed by atoms with Gasteiger partial charge in [-0.05, 0) is 23.0 Å². The van der Waals surface area contributed by atoms with E-state index < -0.39 is 15.3 Å². The van der Waals surface area contributed by atoms with Crippen LogP contribution in [0.3, 0.4) is 0 Å². The number of hydroxylamine groups is 2. The predicted octanol–water partition coefficient (Wildman–Crippen LogP) is 2.67. The van der Waals surface area contributed by atoms with Gasteiger partial charge in [-0.1, -0.05) is 52.0 Å². The highest BCUT2D eigenvalue weighted by Gasteiger charge is 2.43.